The number of fused-ring (bicyclic) bond motifs is 1. The summed E-state index contributed by atoms with van der Waals surface area (Å²) in [6.45, 7) is 1.77. The molecule has 1 aromatic heterocycles. The lowest BCUT2D eigenvalue weighted by atomic mass is 10.1. The fraction of sp³-hybridized carbons (Fsp3) is 0.400. The van der Waals surface area contributed by atoms with Gasteiger partial charge < -0.3 is 14.4 Å². The van der Waals surface area contributed by atoms with Crippen molar-refractivity contribution in [1.29, 1.82) is 0 Å². The topological polar surface area (TPSA) is 83.6 Å². The number of hydrogen-bond acceptors (Lipinski definition) is 4. The van der Waals surface area contributed by atoms with Gasteiger partial charge in [-0.3, -0.25) is 9.59 Å². The summed E-state index contributed by atoms with van der Waals surface area (Å²) < 4.78 is 5.54. The number of carbonyl (C=O) groups excluding carboxylic acids is 1. The van der Waals surface area contributed by atoms with Crippen molar-refractivity contribution in [2.75, 3.05) is 13.6 Å². The molecule has 6 heteroatoms. The number of rotatable bonds is 6. The number of benzene rings is 1. The fourth-order valence-electron chi connectivity index (χ4n) is 2.02. The number of aryl methyl sites for hydroxylation is 1. The SMILES string of the molecule is C[C@@H](CN(C)C(=O)CCc1nc2ccccc2o1)C(=O)O. The second-order valence-electron chi connectivity index (χ2n) is 5.09. The predicted octanol–water partition coefficient (Wildman–Crippen LogP) is 1.94. The number of para-hydroxylation sites is 2. The van der Waals surface area contributed by atoms with Gasteiger partial charge in [0.2, 0.25) is 5.91 Å². The van der Waals surface area contributed by atoms with Gasteiger partial charge in [-0.15, -0.1) is 0 Å². The van der Waals surface area contributed by atoms with Gasteiger partial charge in [0.05, 0.1) is 5.92 Å². The van der Waals surface area contributed by atoms with Gasteiger partial charge in [-0.2, -0.15) is 0 Å². The highest BCUT2D eigenvalue weighted by molar-refractivity contribution is 5.77. The van der Waals surface area contributed by atoms with Gasteiger partial charge in [0.15, 0.2) is 11.5 Å². The molecule has 1 N–H and O–H groups in total. The molecule has 6 nitrogen and oxygen atoms in total. The van der Waals surface area contributed by atoms with Crippen LogP contribution in [0.1, 0.15) is 19.2 Å². The highest BCUT2D eigenvalue weighted by Gasteiger charge is 2.18. The minimum Gasteiger partial charge on any atom is -0.481 e. The van der Waals surface area contributed by atoms with E-state index in [9.17, 15) is 9.59 Å². The molecule has 0 spiro atoms. The van der Waals surface area contributed by atoms with E-state index in [4.69, 9.17) is 9.52 Å². The molecule has 2 rings (SSSR count). The van der Waals surface area contributed by atoms with E-state index < -0.39 is 11.9 Å². The van der Waals surface area contributed by atoms with E-state index in [-0.39, 0.29) is 18.9 Å². The number of carboxylic acids is 1. The zero-order valence-corrected chi connectivity index (χ0v) is 12.1. The van der Waals surface area contributed by atoms with Crippen LogP contribution in [-0.4, -0.2) is 40.5 Å². The van der Waals surface area contributed by atoms with Crippen LogP contribution in [0.3, 0.4) is 0 Å². The van der Waals surface area contributed by atoms with Crippen LogP contribution >= 0.6 is 0 Å². The summed E-state index contributed by atoms with van der Waals surface area (Å²) in [7, 11) is 1.60. The number of aliphatic carboxylic acids is 1. The summed E-state index contributed by atoms with van der Waals surface area (Å²) in [5.41, 5.74) is 1.47. The van der Waals surface area contributed by atoms with E-state index in [0.717, 1.165) is 5.52 Å². The molecule has 0 fully saturated rings. The Morgan fingerprint density at radius 3 is 2.76 bits per heavy atom. The lowest BCUT2D eigenvalue weighted by Crippen LogP contribution is -2.33. The Labute approximate surface area is 122 Å². The molecule has 1 heterocycles. The Morgan fingerprint density at radius 2 is 2.10 bits per heavy atom. The van der Waals surface area contributed by atoms with Crippen molar-refractivity contribution in [1.82, 2.24) is 9.88 Å². The molecule has 0 unspecified atom stereocenters. The summed E-state index contributed by atoms with van der Waals surface area (Å²) in [5, 5.41) is 8.84. The summed E-state index contributed by atoms with van der Waals surface area (Å²) in [6, 6.07) is 7.42. The van der Waals surface area contributed by atoms with Crippen LogP contribution in [0.15, 0.2) is 28.7 Å². The van der Waals surface area contributed by atoms with Crippen molar-refractivity contribution >= 4 is 23.0 Å². The molecule has 112 valence electrons. The van der Waals surface area contributed by atoms with E-state index in [1.165, 1.54) is 4.90 Å². The molecule has 0 bridgehead atoms. The van der Waals surface area contributed by atoms with Gasteiger partial charge in [0.1, 0.15) is 5.52 Å². The number of carbonyl (C=O) groups is 2. The van der Waals surface area contributed by atoms with Crippen molar-refractivity contribution in [3.8, 4) is 0 Å². The molecule has 0 radical (unpaired) electrons. The number of carboxylic acid groups (broad SMARTS) is 1. The van der Waals surface area contributed by atoms with E-state index in [1.54, 1.807) is 14.0 Å². The molecule has 1 amide bonds. The Kier molecular flexibility index (Phi) is 4.57. The normalized spacial score (nSPS) is 12.3. The van der Waals surface area contributed by atoms with Crippen molar-refractivity contribution in [2.45, 2.75) is 19.8 Å². The van der Waals surface area contributed by atoms with Gasteiger partial charge in [-0.05, 0) is 12.1 Å². The largest absolute Gasteiger partial charge is 0.481 e. The zero-order valence-electron chi connectivity index (χ0n) is 12.1. The standard InChI is InChI=1S/C15H18N2O4/c1-10(15(19)20)9-17(2)14(18)8-7-13-16-11-5-3-4-6-12(11)21-13/h3-6,10H,7-9H2,1-2H3,(H,19,20)/t10-/m0/s1. The van der Waals surface area contributed by atoms with E-state index in [2.05, 4.69) is 4.98 Å². The first-order chi connectivity index (χ1) is 9.97. The third kappa shape index (κ3) is 3.81. The molecule has 0 saturated heterocycles. The smallest absolute Gasteiger partial charge is 0.308 e. The number of amides is 1. The quantitative estimate of drug-likeness (QED) is 0.879. The van der Waals surface area contributed by atoms with Crippen LogP contribution < -0.4 is 0 Å². The summed E-state index contributed by atoms with van der Waals surface area (Å²) in [5.74, 6) is -1.09. The Bertz CT molecular complexity index is 617. The minimum absolute atomic E-state index is 0.120. The van der Waals surface area contributed by atoms with Crippen LogP contribution in [-0.2, 0) is 16.0 Å². The molecule has 0 aliphatic carbocycles. The molecule has 1 aromatic carbocycles. The Balaban J connectivity index is 1.89. The highest BCUT2D eigenvalue weighted by Crippen LogP contribution is 2.16. The number of oxazole rings is 1. The summed E-state index contributed by atoms with van der Waals surface area (Å²) in [6.07, 6.45) is 0.648. The monoisotopic (exact) mass is 290 g/mol. The summed E-state index contributed by atoms with van der Waals surface area (Å²) in [4.78, 5) is 28.5. The van der Waals surface area contributed by atoms with Crippen LogP contribution in [0.4, 0.5) is 0 Å². The molecule has 21 heavy (non-hydrogen) atoms. The lowest BCUT2D eigenvalue weighted by molar-refractivity contribution is -0.142. The average Bonchev–Trinajstić information content (AvgIpc) is 2.87. The molecule has 0 aliphatic heterocycles. The Hall–Kier alpha value is -2.37. The van der Waals surface area contributed by atoms with Crippen molar-refractivity contribution in [2.24, 2.45) is 5.92 Å². The van der Waals surface area contributed by atoms with Crippen LogP contribution in [0, 0.1) is 5.92 Å². The molecular weight excluding hydrogens is 272 g/mol. The maximum Gasteiger partial charge on any atom is 0.308 e. The zero-order chi connectivity index (χ0) is 15.4. The van der Waals surface area contributed by atoms with E-state index >= 15 is 0 Å². The highest BCUT2D eigenvalue weighted by atomic mass is 16.4. The third-order valence-corrected chi connectivity index (χ3v) is 3.29. The molecule has 0 aliphatic rings. The second-order valence-corrected chi connectivity index (χ2v) is 5.09. The van der Waals surface area contributed by atoms with Gasteiger partial charge in [0.25, 0.3) is 0 Å². The first-order valence-corrected chi connectivity index (χ1v) is 6.78. The Morgan fingerprint density at radius 1 is 1.38 bits per heavy atom. The van der Waals surface area contributed by atoms with Crippen LogP contribution in [0.5, 0.6) is 0 Å². The van der Waals surface area contributed by atoms with Gasteiger partial charge >= 0.3 is 5.97 Å². The van der Waals surface area contributed by atoms with Crippen molar-refractivity contribution < 1.29 is 19.1 Å². The van der Waals surface area contributed by atoms with Gasteiger partial charge in [-0.25, -0.2) is 4.98 Å². The van der Waals surface area contributed by atoms with Crippen LogP contribution in [0.25, 0.3) is 11.1 Å². The molecule has 1 atom stereocenters. The van der Waals surface area contributed by atoms with Crippen molar-refractivity contribution in [3.05, 3.63) is 30.2 Å². The van der Waals surface area contributed by atoms with Crippen LogP contribution in [0.2, 0.25) is 0 Å². The van der Waals surface area contributed by atoms with Crippen molar-refractivity contribution in [3.63, 3.8) is 0 Å². The number of aromatic nitrogens is 1. The van der Waals surface area contributed by atoms with Gasteiger partial charge in [0, 0.05) is 26.4 Å². The lowest BCUT2D eigenvalue weighted by Gasteiger charge is -2.19. The first kappa shape index (κ1) is 15.0. The summed E-state index contributed by atoms with van der Waals surface area (Å²) >= 11 is 0. The molecular formula is C15H18N2O4. The van der Waals surface area contributed by atoms with E-state index in [0.29, 0.717) is 17.9 Å². The van der Waals surface area contributed by atoms with Gasteiger partial charge in [-0.1, -0.05) is 19.1 Å². The van der Waals surface area contributed by atoms with E-state index in [1.807, 2.05) is 24.3 Å². The predicted molar refractivity (Wildman–Crippen MR) is 76.8 cm³/mol. The molecule has 0 saturated carbocycles. The minimum atomic E-state index is -0.909. The third-order valence-electron chi connectivity index (χ3n) is 3.29. The fourth-order valence-corrected chi connectivity index (χ4v) is 2.02. The average molecular weight is 290 g/mol. The first-order valence-electron chi connectivity index (χ1n) is 6.78. The number of hydrogen-bond donors (Lipinski definition) is 1. The second kappa shape index (κ2) is 6.39. The maximum absolute atomic E-state index is 12.0. The maximum atomic E-state index is 12.0. The number of nitrogens with zero attached hydrogens (tertiary/aromatic N) is 2. The molecule has 2 aromatic rings.